The number of nitrogens with two attached hydrogens (primary N) is 1. The summed E-state index contributed by atoms with van der Waals surface area (Å²) in [5.41, 5.74) is 6.58. The van der Waals surface area contributed by atoms with Crippen LogP contribution in [0, 0.1) is 12.7 Å². The molecule has 0 amide bonds. The molecule has 0 saturated carbocycles. The fraction of sp³-hybridized carbons (Fsp3) is 0.231. The van der Waals surface area contributed by atoms with E-state index in [4.69, 9.17) is 5.73 Å². The van der Waals surface area contributed by atoms with E-state index in [2.05, 4.69) is 4.98 Å². The Labute approximate surface area is 104 Å². The molecule has 0 spiro atoms. The maximum Gasteiger partial charge on any atom is 0.347 e. The first kappa shape index (κ1) is 12.4. The SMILES string of the molecule is Cc1ccn(CC(N)c2ccccc2F)c(=O)n1. The molecule has 1 atom stereocenters. The largest absolute Gasteiger partial charge is 0.347 e. The van der Waals surface area contributed by atoms with Crippen molar-refractivity contribution in [1.82, 2.24) is 9.55 Å². The summed E-state index contributed by atoms with van der Waals surface area (Å²) < 4.78 is 14.9. The van der Waals surface area contributed by atoms with Gasteiger partial charge in [0, 0.05) is 24.0 Å². The molecule has 0 saturated heterocycles. The standard InChI is InChI=1S/C13H14FN3O/c1-9-6-7-17(13(18)16-9)8-12(15)10-4-2-3-5-11(10)14/h2-7,12H,8,15H2,1H3. The molecule has 0 bridgehead atoms. The Balaban J connectivity index is 2.24. The number of benzene rings is 1. The summed E-state index contributed by atoms with van der Waals surface area (Å²) in [6, 6.07) is 7.43. The third-order valence-corrected chi connectivity index (χ3v) is 2.71. The lowest BCUT2D eigenvalue weighted by Crippen LogP contribution is -2.28. The third-order valence-electron chi connectivity index (χ3n) is 2.71. The predicted molar refractivity (Wildman–Crippen MR) is 66.6 cm³/mol. The fourth-order valence-corrected chi connectivity index (χ4v) is 1.74. The molecule has 1 unspecified atom stereocenters. The van der Waals surface area contributed by atoms with Crippen LogP contribution in [0.4, 0.5) is 4.39 Å². The van der Waals surface area contributed by atoms with E-state index in [-0.39, 0.29) is 18.1 Å². The second-order valence-electron chi connectivity index (χ2n) is 4.13. The minimum atomic E-state index is -0.576. The van der Waals surface area contributed by atoms with Gasteiger partial charge in [-0.1, -0.05) is 18.2 Å². The van der Waals surface area contributed by atoms with Crippen molar-refractivity contribution in [2.24, 2.45) is 5.73 Å². The van der Waals surface area contributed by atoms with Crippen molar-refractivity contribution in [1.29, 1.82) is 0 Å². The Morgan fingerprint density at radius 2 is 2.11 bits per heavy atom. The Kier molecular flexibility index (Phi) is 3.53. The van der Waals surface area contributed by atoms with Gasteiger partial charge in [0.25, 0.3) is 0 Å². The minimum Gasteiger partial charge on any atom is -0.322 e. The smallest absolute Gasteiger partial charge is 0.322 e. The van der Waals surface area contributed by atoms with Gasteiger partial charge in [0.05, 0.1) is 6.04 Å². The molecular weight excluding hydrogens is 233 g/mol. The summed E-state index contributed by atoms with van der Waals surface area (Å²) in [5.74, 6) is -0.363. The fourth-order valence-electron chi connectivity index (χ4n) is 1.74. The molecule has 2 aromatic rings. The van der Waals surface area contributed by atoms with Gasteiger partial charge in [-0.3, -0.25) is 4.57 Å². The average Bonchev–Trinajstić information content (AvgIpc) is 2.33. The van der Waals surface area contributed by atoms with Gasteiger partial charge in [-0.25, -0.2) is 9.18 Å². The minimum absolute atomic E-state index is 0.201. The lowest BCUT2D eigenvalue weighted by Gasteiger charge is -2.14. The summed E-state index contributed by atoms with van der Waals surface area (Å²) in [7, 11) is 0. The van der Waals surface area contributed by atoms with E-state index in [0.29, 0.717) is 11.3 Å². The summed E-state index contributed by atoms with van der Waals surface area (Å²) >= 11 is 0. The van der Waals surface area contributed by atoms with E-state index >= 15 is 0 Å². The third kappa shape index (κ3) is 2.62. The first-order valence-electron chi connectivity index (χ1n) is 5.62. The number of hydrogen-bond acceptors (Lipinski definition) is 3. The maximum atomic E-state index is 13.5. The van der Waals surface area contributed by atoms with Crippen molar-refractivity contribution in [2.75, 3.05) is 0 Å². The topological polar surface area (TPSA) is 60.9 Å². The summed E-state index contributed by atoms with van der Waals surface area (Å²) in [4.78, 5) is 15.4. The molecule has 0 aliphatic carbocycles. The monoisotopic (exact) mass is 247 g/mol. The highest BCUT2D eigenvalue weighted by Gasteiger charge is 2.12. The lowest BCUT2D eigenvalue weighted by atomic mass is 10.1. The molecule has 1 aromatic heterocycles. The second kappa shape index (κ2) is 5.10. The van der Waals surface area contributed by atoms with Gasteiger partial charge in [0.2, 0.25) is 0 Å². The number of hydrogen-bond donors (Lipinski definition) is 1. The number of nitrogens with zero attached hydrogens (tertiary/aromatic N) is 2. The first-order chi connectivity index (χ1) is 8.58. The van der Waals surface area contributed by atoms with E-state index in [0.717, 1.165) is 0 Å². The van der Waals surface area contributed by atoms with Crippen LogP contribution >= 0.6 is 0 Å². The zero-order valence-corrected chi connectivity index (χ0v) is 10.0. The number of halogens is 1. The van der Waals surface area contributed by atoms with E-state index in [1.165, 1.54) is 10.6 Å². The Morgan fingerprint density at radius 3 is 2.78 bits per heavy atom. The van der Waals surface area contributed by atoms with Gasteiger partial charge in [0.15, 0.2) is 0 Å². The molecule has 2 N–H and O–H groups in total. The lowest BCUT2D eigenvalue weighted by molar-refractivity contribution is 0.517. The average molecular weight is 247 g/mol. The van der Waals surface area contributed by atoms with Crippen molar-refractivity contribution in [3.05, 3.63) is 64.1 Å². The van der Waals surface area contributed by atoms with Gasteiger partial charge in [-0.2, -0.15) is 4.98 Å². The normalized spacial score (nSPS) is 12.4. The molecule has 0 fully saturated rings. The van der Waals surface area contributed by atoms with Crippen molar-refractivity contribution < 1.29 is 4.39 Å². The Morgan fingerprint density at radius 1 is 1.39 bits per heavy atom. The van der Waals surface area contributed by atoms with Gasteiger partial charge >= 0.3 is 5.69 Å². The van der Waals surface area contributed by atoms with E-state index in [1.807, 2.05) is 0 Å². The quantitative estimate of drug-likeness (QED) is 0.891. The van der Waals surface area contributed by atoms with Crippen molar-refractivity contribution >= 4 is 0 Å². The Hall–Kier alpha value is -2.01. The van der Waals surface area contributed by atoms with Crippen LogP contribution in [0.1, 0.15) is 17.3 Å². The van der Waals surface area contributed by atoms with Crippen LogP contribution in [0.15, 0.2) is 41.3 Å². The van der Waals surface area contributed by atoms with Gasteiger partial charge in [0.1, 0.15) is 5.82 Å². The molecule has 94 valence electrons. The van der Waals surface area contributed by atoms with Gasteiger partial charge in [-0.05, 0) is 19.1 Å². The summed E-state index contributed by atoms with van der Waals surface area (Å²) in [6.07, 6.45) is 1.62. The van der Waals surface area contributed by atoms with Crippen LogP contribution in [-0.4, -0.2) is 9.55 Å². The second-order valence-corrected chi connectivity index (χ2v) is 4.13. The zero-order valence-electron chi connectivity index (χ0n) is 10.0. The van der Waals surface area contributed by atoms with Crippen LogP contribution in [-0.2, 0) is 6.54 Å². The number of aryl methyl sites for hydroxylation is 1. The number of aromatic nitrogens is 2. The molecule has 0 aliphatic heterocycles. The number of rotatable bonds is 3. The van der Waals surface area contributed by atoms with Gasteiger partial charge in [-0.15, -0.1) is 0 Å². The van der Waals surface area contributed by atoms with E-state index < -0.39 is 6.04 Å². The highest BCUT2D eigenvalue weighted by atomic mass is 19.1. The molecule has 18 heavy (non-hydrogen) atoms. The van der Waals surface area contributed by atoms with E-state index in [1.54, 1.807) is 37.4 Å². The Bertz CT molecular complexity index is 609. The van der Waals surface area contributed by atoms with Crippen LogP contribution in [0.25, 0.3) is 0 Å². The van der Waals surface area contributed by atoms with Crippen LogP contribution in [0.5, 0.6) is 0 Å². The molecule has 2 rings (SSSR count). The van der Waals surface area contributed by atoms with Crippen molar-refractivity contribution in [3.63, 3.8) is 0 Å². The van der Waals surface area contributed by atoms with Crippen molar-refractivity contribution in [3.8, 4) is 0 Å². The zero-order chi connectivity index (χ0) is 13.1. The first-order valence-corrected chi connectivity index (χ1v) is 5.62. The summed E-state index contributed by atoms with van der Waals surface area (Å²) in [5, 5.41) is 0. The van der Waals surface area contributed by atoms with Crippen LogP contribution < -0.4 is 11.4 Å². The van der Waals surface area contributed by atoms with E-state index in [9.17, 15) is 9.18 Å². The molecule has 0 radical (unpaired) electrons. The highest BCUT2D eigenvalue weighted by Crippen LogP contribution is 2.15. The van der Waals surface area contributed by atoms with Crippen LogP contribution in [0.2, 0.25) is 0 Å². The highest BCUT2D eigenvalue weighted by molar-refractivity contribution is 5.20. The molecule has 4 nitrogen and oxygen atoms in total. The predicted octanol–water partition coefficient (Wildman–Crippen LogP) is 1.39. The molecular formula is C13H14FN3O. The molecule has 1 aromatic carbocycles. The maximum absolute atomic E-state index is 13.5. The van der Waals surface area contributed by atoms with Crippen LogP contribution in [0.3, 0.4) is 0 Å². The molecule has 0 aliphatic rings. The summed E-state index contributed by atoms with van der Waals surface area (Å²) in [6.45, 7) is 1.94. The van der Waals surface area contributed by atoms with Crippen molar-refractivity contribution in [2.45, 2.75) is 19.5 Å². The molecule has 1 heterocycles. The molecule has 5 heteroatoms. The van der Waals surface area contributed by atoms with Gasteiger partial charge < -0.3 is 5.73 Å².